The monoisotopic (exact) mass is 427 g/mol. The highest BCUT2D eigenvalue weighted by Gasteiger charge is 2.14. The first kappa shape index (κ1) is 19.5. The number of halogens is 2. The second-order valence-electron chi connectivity index (χ2n) is 6.79. The Morgan fingerprint density at radius 2 is 1.48 bits per heavy atom. The summed E-state index contributed by atoms with van der Waals surface area (Å²) in [6.45, 7) is 2.08. The number of nitrogens with one attached hydrogen (secondary N) is 2. The molecule has 1 aromatic heterocycles. The van der Waals surface area contributed by atoms with E-state index in [1.54, 1.807) is 18.2 Å². The van der Waals surface area contributed by atoms with Gasteiger partial charge in [0.05, 0.1) is 5.69 Å². The summed E-state index contributed by atoms with van der Waals surface area (Å²) < 4.78 is 0. The quantitative estimate of drug-likeness (QED) is 0.560. The summed E-state index contributed by atoms with van der Waals surface area (Å²) >= 11 is 11.9. The molecule has 1 aliphatic rings. The number of benzene rings is 2. The van der Waals surface area contributed by atoms with Gasteiger partial charge in [0, 0.05) is 40.1 Å². The summed E-state index contributed by atoms with van der Waals surface area (Å²) in [5.41, 5.74) is 2.89. The number of urea groups is 1. The Hall–Kier alpha value is -2.83. The molecule has 148 valence electrons. The molecule has 4 rings (SSSR count). The molecule has 2 amide bonds. The van der Waals surface area contributed by atoms with Crippen LogP contribution in [-0.2, 0) is 0 Å². The first-order valence-electron chi connectivity index (χ1n) is 9.30. The van der Waals surface area contributed by atoms with E-state index in [0.717, 1.165) is 30.2 Å². The molecule has 2 heterocycles. The zero-order chi connectivity index (χ0) is 20.2. The lowest BCUT2D eigenvalue weighted by Gasteiger charge is -2.15. The highest BCUT2D eigenvalue weighted by Crippen LogP contribution is 2.24. The summed E-state index contributed by atoms with van der Waals surface area (Å²) in [6.07, 6.45) is 2.41. The van der Waals surface area contributed by atoms with Crippen molar-refractivity contribution in [2.24, 2.45) is 0 Å². The lowest BCUT2D eigenvalue weighted by Crippen LogP contribution is -2.19. The second kappa shape index (κ2) is 8.68. The van der Waals surface area contributed by atoms with E-state index in [4.69, 9.17) is 23.2 Å². The molecule has 8 heteroatoms. The number of hydrogen-bond donors (Lipinski definition) is 2. The molecule has 0 aliphatic carbocycles. The SMILES string of the molecule is O=C(Nc1ccc(-c2ccc(N3CCCC3)nn2)cc1)Nc1cc(Cl)cc(Cl)c1. The normalized spacial score (nSPS) is 13.4. The zero-order valence-corrected chi connectivity index (χ0v) is 17.0. The predicted octanol–water partition coefficient (Wildman–Crippen LogP) is 5.69. The van der Waals surface area contributed by atoms with Crippen LogP contribution in [0, 0.1) is 0 Å². The lowest BCUT2D eigenvalue weighted by molar-refractivity contribution is 0.262. The minimum atomic E-state index is -0.383. The molecule has 1 saturated heterocycles. The molecule has 0 saturated carbocycles. The molecule has 0 bridgehead atoms. The van der Waals surface area contributed by atoms with Gasteiger partial charge in [-0.25, -0.2) is 4.79 Å². The Bertz CT molecular complexity index is 982. The third-order valence-electron chi connectivity index (χ3n) is 4.64. The van der Waals surface area contributed by atoms with Crippen molar-refractivity contribution >= 4 is 46.4 Å². The van der Waals surface area contributed by atoms with Crippen molar-refractivity contribution in [1.29, 1.82) is 0 Å². The van der Waals surface area contributed by atoms with Crippen molar-refractivity contribution in [2.75, 3.05) is 28.6 Å². The van der Waals surface area contributed by atoms with E-state index in [1.807, 2.05) is 36.4 Å². The molecule has 0 radical (unpaired) electrons. The Labute approximate surface area is 178 Å². The van der Waals surface area contributed by atoms with E-state index in [-0.39, 0.29) is 6.03 Å². The van der Waals surface area contributed by atoms with Crippen LogP contribution in [0.5, 0.6) is 0 Å². The molecule has 29 heavy (non-hydrogen) atoms. The highest BCUT2D eigenvalue weighted by molar-refractivity contribution is 6.35. The van der Waals surface area contributed by atoms with Gasteiger partial charge >= 0.3 is 6.03 Å². The van der Waals surface area contributed by atoms with Crippen LogP contribution in [0.3, 0.4) is 0 Å². The van der Waals surface area contributed by atoms with E-state index in [0.29, 0.717) is 21.4 Å². The van der Waals surface area contributed by atoms with Gasteiger partial charge in [-0.3, -0.25) is 0 Å². The van der Waals surface area contributed by atoms with E-state index < -0.39 is 0 Å². The molecular weight excluding hydrogens is 409 g/mol. The number of carbonyl (C=O) groups is 1. The first-order valence-corrected chi connectivity index (χ1v) is 10.1. The summed E-state index contributed by atoms with van der Waals surface area (Å²) in [6, 6.07) is 15.9. The fourth-order valence-corrected chi connectivity index (χ4v) is 3.76. The molecular formula is C21H19Cl2N5O. The smallest absolute Gasteiger partial charge is 0.323 e. The van der Waals surface area contributed by atoms with Gasteiger partial charge in [0.15, 0.2) is 5.82 Å². The highest BCUT2D eigenvalue weighted by atomic mass is 35.5. The summed E-state index contributed by atoms with van der Waals surface area (Å²) in [4.78, 5) is 14.4. The average molecular weight is 428 g/mol. The van der Waals surface area contributed by atoms with Crippen LogP contribution in [-0.4, -0.2) is 29.3 Å². The minimum Gasteiger partial charge on any atom is -0.355 e. The molecule has 6 nitrogen and oxygen atoms in total. The fraction of sp³-hybridized carbons (Fsp3) is 0.190. The molecule has 0 spiro atoms. The summed E-state index contributed by atoms with van der Waals surface area (Å²) in [7, 11) is 0. The van der Waals surface area contributed by atoms with Crippen molar-refractivity contribution in [3.05, 3.63) is 64.6 Å². The number of carbonyl (C=O) groups excluding carboxylic acids is 1. The molecule has 0 unspecified atom stereocenters. The molecule has 1 fully saturated rings. The third kappa shape index (κ3) is 4.96. The predicted molar refractivity (Wildman–Crippen MR) is 118 cm³/mol. The van der Waals surface area contributed by atoms with Crippen LogP contribution >= 0.6 is 23.2 Å². The number of amides is 2. The number of hydrogen-bond acceptors (Lipinski definition) is 4. The standard InChI is InChI=1S/C21H19Cl2N5O/c22-15-11-16(23)13-18(12-15)25-21(29)24-17-5-3-14(4-6-17)19-7-8-20(27-26-19)28-9-1-2-10-28/h3-8,11-13H,1-2,9-10H2,(H2,24,25,29). The number of rotatable bonds is 4. The minimum absolute atomic E-state index is 0.383. The summed E-state index contributed by atoms with van der Waals surface area (Å²) in [5, 5.41) is 15.1. The topological polar surface area (TPSA) is 70.2 Å². The largest absolute Gasteiger partial charge is 0.355 e. The maximum absolute atomic E-state index is 12.2. The molecule has 2 N–H and O–H groups in total. The van der Waals surface area contributed by atoms with Gasteiger partial charge in [0.25, 0.3) is 0 Å². The van der Waals surface area contributed by atoms with Gasteiger partial charge in [0.2, 0.25) is 0 Å². The van der Waals surface area contributed by atoms with E-state index in [9.17, 15) is 4.79 Å². The van der Waals surface area contributed by atoms with Crippen molar-refractivity contribution in [1.82, 2.24) is 10.2 Å². The van der Waals surface area contributed by atoms with Gasteiger partial charge in [-0.05, 0) is 55.3 Å². The van der Waals surface area contributed by atoms with Gasteiger partial charge < -0.3 is 15.5 Å². The van der Waals surface area contributed by atoms with E-state index in [1.165, 1.54) is 12.8 Å². The zero-order valence-electron chi connectivity index (χ0n) is 15.5. The molecule has 1 aliphatic heterocycles. The Kier molecular flexibility index (Phi) is 5.83. The van der Waals surface area contributed by atoms with Crippen LogP contribution in [0.1, 0.15) is 12.8 Å². The van der Waals surface area contributed by atoms with Crippen molar-refractivity contribution in [3.63, 3.8) is 0 Å². The van der Waals surface area contributed by atoms with Gasteiger partial charge in [-0.15, -0.1) is 10.2 Å². The summed E-state index contributed by atoms with van der Waals surface area (Å²) in [5.74, 6) is 0.919. The average Bonchev–Trinajstić information content (AvgIpc) is 3.23. The van der Waals surface area contributed by atoms with Crippen LogP contribution in [0.4, 0.5) is 22.0 Å². The first-order chi connectivity index (χ1) is 14.1. The second-order valence-corrected chi connectivity index (χ2v) is 7.66. The van der Waals surface area contributed by atoms with Gasteiger partial charge in [0.1, 0.15) is 0 Å². The Morgan fingerprint density at radius 3 is 2.10 bits per heavy atom. The van der Waals surface area contributed by atoms with Crippen LogP contribution < -0.4 is 15.5 Å². The Balaban J connectivity index is 1.39. The number of anilines is 3. The molecule has 3 aromatic rings. The molecule has 0 atom stereocenters. The van der Waals surface area contributed by atoms with E-state index in [2.05, 4.69) is 25.7 Å². The van der Waals surface area contributed by atoms with Gasteiger partial charge in [-0.1, -0.05) is 35.3 Å². The van der Waals surface area contributed by atoms with Crippen LogP contribution in [0.25, 0.3) is 11.3 Å². The lowest BCUT2D eigenvalue weighted by atomic mass is 10.1. The van der Waals surface area contributed by atoms with Crippen molar-refractivity contribution < 1.29 is 4.79 Å². The van der Waals surface area contributed by atoms with Crippen molar-refractivity contribution in [3.8, 4) is 11.3 Å². The van der Waals surface area contributed by atoms with Gasteiger partial charge in [-0.2, -0.15) is 0 Å². The number of aromatic nitrogens is 2. The van der Waals surface area contributed by atoms with Crippen LogP contribution in [0.2, 0.25) is 10.0 Å². The molecule has 2 aromatic carbocycles. The van der Waals surface area contributed by atoms with E-state index >= 15 is 0 Å². The third-order valence-corrected chi connectivity index (χ3v) is 5.08. The maximum atomic E-state index is 12.2. The maximum Gasteiger partial charge on any atom is 0.323 e. The van der Waals surface area contributed by atoms with Crippen LogP contribution in [0.15, 0.2) is 54.6 Å². The number of nitrogens with zero attached hydrogens (tertiary/aromatic N) is 3. The van der Waals surface area contributed by atoms with Crippen molar-refractivity contribution in [2.45, 2.75) is 12.8 Å². The Morgan fingerprint density at radius 1 is 0.828 bits per heavy atom. The fourth-order valence-electron chi connectivity index (χ4n) is 3.24.